The number of aromatic nitrogens is 2. The molecule has 0 spiro atoms. The number of anilines is 3. The minimum absolute atomic E-state index is 0.0656. The van der Waals surface area contributed by atoms with E-state index in [1.807, 2.05) is 12.1 Å². The number of benzene rings is 2. The van der Waals surface area contributed by atoms with E-state index < -0.39 is 5.91 Å². The van der Waals surface area contributed by atoms with Crippen LogP contribution in [0.1, 0.15) is 45.1 Å². The van der Waals surface area contributed by atoms with Crippen LogP contribution in [0, 0.1) is 0 Å². The summed E-state index contributed by atoms with van der Waals surface area (Å²) in [6.45, 7) is 1.91. The molecule has 33 heavy (non-hydrogen) atoms. The minimum Gasteiger partial charge on any atom is -0.495 e. The second-order valence-electron chi connectivity index (χ2n) is 8.69. The molecule has 0 unspecified atom stereocenters. The monoisotopic (exact) mass is 444 g/mol. The summed E-state index contributed by atoms with van der Waals surface area (Å²) < 4.78 is 5.63. The molecule has 1 atom stereocenters. The van der Waals surface area contributed by atoms with Crippen LogP contribution in [0.15, 0.2) is 42.6 Å². The van der Waals surface area contributed by atoms with Crippen LogP contribution in [0.5, 0.6) is 5.75 Å². The van der Waals surface area contributed by atoms with Crippen LogP contribution in [0.4, 0.5) is 17.5 Å². The Morgan fingerprint density at radius 3 is 2.85 bits per heavy atom. The van der Waals surface area contributed by atoms with E-state index >= 15 is 0 Å². The molecule has 1 aliphatic heterocycles. The number of nitrogens with one attached hydrogen (secondary N) is 2. The summed E-state index contributed by atoms with van der Waals surface area (Å²) in [5, 5.41) is 6.71. The van der Waals surface area contributed by atoms with Crippen molar-refractivity contribution in [3.63, 3.8) is 0 Å². The van der Waals surface area contributed by atoms with Crippen LogP contribution in [0.3, 0.4) is 0 Å². The molecule has 0 saturated heterocycles. The lowest BCUT2D eigenvalue weighted by Gasteiger charge is -2.26. The molecular formula is C25H28N6O2. The first-order chi connectivity index (χ1) is 16.0. The van der Waals surface area contributed by atoms with E-state index in [0.717, 1.165) is 43.8 Å². The van der Waals surface area contributed by atoms with Crippen LogP contribution in [0.25, 0.3) is 0 Å². The molecule has 0 fully saturated rings. The van der Waals surface area contributed by atoms with E-state index in [1.54, 1.807) is 7.11 Å². The molecular weight excluding hydrogens is 416 g/mol. The second-order valence-corrected chi connectivity index (χ2v) is 8.69. The van der Waals surface area contributed by atoms with Gasteiger partial charge in [0.25, 0.3) is 5.91 Å². The van der Waals surface area contributed by atoms with E-state index in [-0.39, 0.29) is 11.6 Å². The lowest BCUT2D eigenvalue weighted by Crippen LogP contribution is -2.26. The number of likely N-dealkylation sites (N-methyl/N-ethyl adjacent to an activating group) is 1. The third-order valence-electron chi connectivity index (χ3n) is 6.47. The van der Waals surface area contributed by atoms with Gasteiger partial charge in [-0.25, -0.2) is 4.98 Å². The molecule has 1 amide bonds. The first kappa shape index (κ1) is 21.2. The molecule has 0 radical (unpaired) electrons. The molecule has 1 aromatic heterocycles. The summed E-state index contributed by atoms with van der Waals surface area (Å²) in [5.41, 5.74) is 11.8. The highest BCUT2D eigenvalue weighted by Crippen LogP contribution is 2.35. The summed E-state index contributed by atoms with van der Waals surface area (Å²) in [5.74, 6) is 0.972. The SMILES string of the molecule is COc1cc2c(cc1Nc1ncc(C(N)=O)c(N[C@@H]3CCc4ccccc43)n1)CN(C)CC2. The number of fused-ring (bicyclic) bond motifs is 2. The smallest absolute Gasteiger partial charge is 0.254 e. The number of nitrogens with zero attached hydrogens (tertiary/aromatic N) is 3. The fourth-order valence-electron chi connectivity index (χ4n) is 4.72. The van der Waals surface area contributed by atoms with Gasteiger partial charge < -0.3 is 26.0 Å². The van der Waals surface area contributed by atoms with Gasteiger partial charge in [0.1, 0.15) is 11.6 Å². The molecule has 8 nitrogen and oxygen atoms in total. The molecule has 4 N–H and O–H groups in total. The summed E-state index contributed by atoms with van der Waals surface area (Å²) in [4.78, 5) is 23.3. The third-order valence-corrected chi connectivity index (χ3v) is 6.47. The maximum Gasteiger partial charge on any atom is 0.254 e. The molecule has 2 aromatic carbocycles. The molecule has 170 valence electrons. The van der Waals surface area contributed by atoms with Gasteiger partial charge in [0, 0.05) is 19.3 Å². The van der Waals surface area contributed by atoms with E-state index in [2.05, 4.69) is 56.8 Å². The van der Waals surface area contributed by atoms with Crippen molar-refractivity contribution in [1.82, 2.24) is 14.9 Å². The first-order valence-electron chi connectivity index (χ1n) is 11.2. The lowest BCUT2D eigenvalue weighted by atomic mass is 9.99. The van der Waals surface area contributed by atoms with Crippen LogP contribution >= 0.6 is 0 Å². The normalized spacial score (nSPS) is 17.2. The number of primary amides is 1. The van der Waals surface area contributed by atoms with Crippen LogP contribution < -0.4 is 21.1 Å². The fourth-order valence-corrected chi connectivity index (χ4v) is 4.72. The molecule has 0 saturated carbocycles. The molecule has 5 rings (SSSR count). The number of carbonyl (C=O) groups is 1. The summed E-state index contributed by atoms with van der Waals surface area (Å²) >= 11 is 0. The molecule has 2 heterocycles. The topological polar surface area (TPSA) is 105 Å². The number of nitrogens with two attached hydrogens (primary N) is 1. The fraction of sp³-hybridized carbons (Fsp3) is 0.320. The number of ether oxygens (including phenoxy) is 1. The van der Waals surface area contributed by atoms with Crippen molar-refractivity contribution in [1.29, 1.82) is 0 Å². The van der Waals surface area contributed by atoms with Crippen molar-refractivity contribution in [2.24, 2.45) is 5.73 Å². The summed E-state index contributed by atoms with van der Waals surface area (Å²) in [7, 11) is 3.77. The predicted octanol–water partition coefficient (Wildman–Crippen LogP) is 3.42. The van der Waals surface area contributed by atoms with Gasteiger partial charge in [-0.05, 0) is 60.7 Å². The second kappa shape index (κ2) is 8.71. The zero-order chi connectivity index (χ0) is 22.9. The highest BCUT2D eigenvalue weighted by atomic mass is 16.5. The van der Waals surface area contributed by atoms with Gasteiger partial charge in [-0.1, -0.05) is 24.3 Å². The van der Waals surface area contributed by atoms with Crippen molar-refractivity contribution < 1.29 is 9.53 Å². The number of hydrogen-bond acceptors (Lipinski definition) is 7. The first-order valence-corrected chi connectivity index (χ1v) is 11.2. The van der Waals surface area contributed by atoms with E-state index in [9.17, 15) is 4.79 Å². The standard InChI is InChI=1S/C25H28N6O2/c1-31-10-9-16-12-22(33-2)21(11-17(16)14-31)29-25-27-13-19(23(26)32)24(30-25)28-20-8-7-15-5-3-4-6-18(15)20/h3-6,11-13,20H,7-10,14H2,1-2H3,(H2,26,32)(H2,27,28,29,30)/t20-/m1/s1. The van der Waals surface area contributed by atoms with E-state index in [1.165, 1.54) is 28.5 Å². The Bertz CT molecular complexity index is 1210. The summed E-state index contributed by atoms with van der Waals surface area (Å²) in [6.07, 6.45) is 4.37. The lowest BCUT2D eigenvalue weighted by molar-refractivity contribution is 0.100. The van der Waals surface area contributed by atoms with Gasteiger partial charge in [-0.15, -0.1) is 0 Å². The van der Waals surface area contributed by atoms with Gasteiger partial charge >= 0.3 is 0 Å². The van der Waals surface area contributed by atoms with Gasteiger partial charge in [0.2, 0.25) is 5.95 Å². The van der Waals surface area contributed by atoms with Crippen LogP contribution in [-0.4, -0.2) is 41.5 Å². The van der Waals surface area contributed by atoms with Crippen molar-refractivity contribution in [3.05, 3.63) is 70.4 Å². The Morgan fingerprint density at radius 2 is 2.03 bits per heavy atom. The Kier molecular flexibility index (Phi) is 5.60. The zero-order valence-electron chi connectivity index (χ0n) is 18.9. The number of rotatable bonds is 6. The van der Waals surface area contributed by atoms with Crippen LogP contribution in [0.2, 0.25) is 0 Å². The average Bonchev–Trinajstić information content (AvgIpc) is 3.21. The quantitative estimate of drug-likeness (QED) is 0.535. The van der Waals surface area contributed by atoms with Crippen molar-refractivity contribution >= 4 is 23.4 Å². The van der Waals surface area contributed by atoms with E-state index in [0.29, 0.717) is 11.8 Å². The molecule has 2 aliphatic rings. The Morgan fingerprint density at radius 1 is 1.18 bits per heavy atom. The highest BCUT2D eigenvalue weighted by Gasteiger charge is 2.24. The highest BCUT2D eigenvalue weighted by molar-refractivity contribution is 5.97. The maximum absolute atomic E-state index is 12.1. The van der Waals surface area contributed by atoms with E-state index in [4.69, 9.17) is 10.5 Å². The van der Waals surface area contributed by atoms with Crippen molar-refractivity contribution in [3.8, 4) is 5.75 Å². The Labute approximate surface area is 193 Å². The van der Waals surface area contributed by atoms with Crippen molar-refractivity contribution in [2.75, 3.05) is 31.3 Å². The van der Waals surface area contributed by atoms with Gasteiger partial charge in [-0.3, -0.25) is 4.79 Å². The Balaban J connectivity index is 1.45. The largest absolute Gasteiger partial charge is 0.495 e. The molecule has 0 bridgehead atoms. The average molecular weight is 445 g/mol. The number of aryl methyl sites for hydroxylation is 1. The molecule has 3 aromatic rings. The number of carbonyl (C=O) groups excluding carboxylic acids is 1. The minimum atomic E-state index is -0.565. The van der Waals surface area contributed by atoms with Gasteiger partial charge in [-0.2, -0.15) is 4.98 Å². The zero-order valence-corrected chi connectivity index (χ0v) is 18.9. The number of hydrogen-bond donors (Lipinski definition) is 3. The molecule has 1 aliphatic carbocycles. The van der Waals surface area contributed by atoms with Crippen LogP contribution in [-0.2, 0) is 19.4 Å². The maximum atomic E-state index is 12.1. The summed E-state index contributed by atoms with van der Waals surface area (Å²) in [6, 6.07) is 12.6. The van der Waals surface area contributed by atoms with Gasteiger partial charge in [0.05, 0.1) is 24.4 Å². The number of amides is 1. The number of methoxy groups -OCH3 is 1. The third kappa shape index (κ3) is 4.21. The molecule has 8 heteroatoms. The Hall–Kier alpha value is -3.65. The van der Waals surface area contributed by atoms with Crippen molar-refractivity contribution in [2.45, 2.75) is 31.8 Å². The predicted molar refractivity (Wildman–Crippen MR) is 128 cm³/mol. The van der Waals surface area contributed by atoms with Gasteiger partial charge in [0.15, 0.2) is 0 Å².